The van der Waals surface area contributed by atoms with Crippen molar-refractivity contribution in [3.8, 4) is 0 Å². The van der Waals surface area contributed by atoms with Crippen LogP contribution < -0.4 is 0 Å². The molecular formula is C44H54F4O. The summed E-state index contributed by atoms with van der Waals surface area (Å²) in [5.41, 5.74) is 0.617. The summed E-state index contributed by atoms with van der Waals surface area (Å²) in [6, 6.07) is 8.92. The minimum absolute atomic E-state index is 0.0335. The van der Waals surface area contributed by atoms with Gasteiger partial charge in [-0.25, -0.2) is 17.6 Å². The van der Waals surface area contributed by atoms with E-state index in [1.54, 1.807) is 12.1 Å². The van der Waals surface area contributed by atoms with Crippen LogP contribution in [0.2, 0.25) is 0 Å². The maximum Gasteiger partial charge on any atom is 0.159 e. The molecule has 0 amide bonds. The Morgan fingerprint density at radius 1 is 0.531 bits per heavy atom. The highest BCUT2D eigenvalue weighted by Gasteiger charge is 2.51. The summed E-state index contributed by atoms with van der Waals surface area (Å²) in [6.45, 7) is 5.48. The summed E-state index contributed by atoms with van der Waals surface area (Å²) in [7, 11) is 0. The molecule has 4 aliphatic rings. The van der Waals surface area contributed by atoms with Crippen molar-refractivity contribution >= 4 is 0 Å². The first-order valence-corrected chi connectivity index (χ1v) is 19.0. The Bertz CT molecular complexity index is 1400. The molecule has 0 saturated heterocycles. The van der Waals surface area contributed by atoms with E-state index in [-0.39, 0.29) is 22.7 Å². The van der Waals surface area contributed by atoms with Crippen LogP contribution in [0.25, 0.3) is 0 Å². The Balaban J connectivity index is 1.18. The predicted molar refractivity (Wildman–Crippen MR) is 191 cm³/mol. The highest BCUT2D eigenvalue weighted by atomic mass is 19.2. The minimum atomic E-state index is -0.811. The van der Waals surface area contributed by atoms with E-state index in [1.807, 2.05) is 0 Å². The summed E-state index contributed by atoms with van der Waals surface area (Å²) in [4.78, 5) is 0. The van der Waals surface area contributed by atoms with E-state index in [1.165, 1.54) is 37.1 Å². The van der Waals surface area contributed by atoms with Crippen LogP contribution in [0, 0.1) is 45.9 Å². The van der Waals surface area contributed by atoms with Gasteiger partial charge in [0.2, 0.25) is 0 Å². The first-order valence-electron chi connectivity index (χ1n) is 19.0. The molecule has 0 heterocycles. The van der Waals surface area contributed by atoms with E-state index in [0.29, 0.717) is 13.2 Å². The molecular weight excluding hydrogens is 620 g/mol. The Labute approximate surface area is 291 Å². The molecule has 2 saturated carbocycles. The zero-order valence-corrected chi connectivity index (χ0v) is 29.5. The Morgan fingerprint density at radius 2 is 0.898 bits per heavy atom. The number of halogens is 4. The van der Waals surface area contributed by atoms with Crippen molar-refractivity contribution in [3.63, 3.8) is 0 Å². The van der Waals surface area contributed by atoms with E-state index >= 15 is 0 Å². The molecule has 0 atom stereocenters. The normalized spacial score (nSPS) is 28.9. The lowest BCUT2D eigenvalue weighted by Crippen LogP contribution is -2.46. The average Bonchev–Trinajstić information content (AvgIpc) is 3.12. The van der Waals surface area contributed by atoms with E-state index in [9.17, 15) is 17.6 Å². The van der Waals surface area contributed by atoms with Gasteiger partial charge in [-0.05, 0) is 84.7 Å². The summed E-state index contributed by atoms with van der Waals surface area (Å²) in [5.74, 6) is -3.05. The summed E-state index contributed by atoms with van der Waals surface area (Å²) < 4.78 is 63.8. The summed E-state index contributed by atoms with van der Waals surface area (Å²) >= 11 is 0. The van der Waals surface area contributed by atoms with Gasteiger partial charge in [-0.15, -0.1) is 0 Å². The minimum Gasteiger partial charge on any atom is -0.380 e. The monoisotopic (exact) mass is 674 g/mol. The standard InChI is InChI=1S/C44H54F4O/c1-3-19-41(21-7-5-8-22-41)43(35-11-13-37(45)39(47)29-35)25-15-33(16-26-43)31-49-32-34-17-27-44(28-18-34,36-12-14-38(46)40(48)30-36)42(20-4-2)23-9-6-10-24-42/h11-18,25-30,33-34H,3-10,19-24,31-32H2,1-2H3/t33-,34-,43+,44+. The molecule has 2 fully saturated rings. The number of ether oxygens (including phenoxy) is 1. The van der Waals surface area contributed by atoms with Gasteiger partial charge in [-0.3, -0.25) is 0 Å². The van der Waals surface area contributed by atoms with Crippen molar-refractivity contribution in [2.24, 2.45) is 22.7 Å². The molecule has 264 valence electrons. The van der Waals surface area contributed by atoms with Crippen LogP contribution in [0.4, 0.5) is 17.6 Å². The Kier molecular flexibility index (Phi) is 11.1. The van der Waals surface area contributed by atoms with Crippen LogP contribution in [0.3, 0.4) is 0 Å². The van der Waals surface area contributed by atoms with Gasteiger partial charge in [0.25, 0.3) is 0 Å². The predicted octanol–water partition coefficient (Wildman–Crippen LogP) is 12.4. The lowest BCUT2D eigenvalue weighted by atomic mass is 9.51. The largest absolute Gasteiger partial charge is 0.380 e. The fourth-order valence-electron chi connectivity index (χ4n) is 10.3. The second-order valence-electron chi connectivity index (χ2n) is 15.5. The highest BCUT2D eigenvalue weighted by molar-refractivity contribution is 5.45. The van der Waals surface area contributed by atoms with Gasteiger partial charge < -0.3 is 4.74 Å². The van der Waals surface area contributed by atoms with Crippen molar-refractivity contribution in [2.45, 2.75) is 115 Å². The van der Waals surface area contributed by atoms with Crippen LogP contribution in [-0.4, -0.2) is 13.2 Å². The summed E-state index contributed by atoms with van der Waals surface area (Å²) in [5, 5.41) is 0. The van der Waals surface area contributed by atoms with Gasteiger partial charge in [0.1, 0.15) is 0 Å². The van der Waals surface area contributed by atoms with Gasteiger partial charge >= 0.3 is 0 Å². The van der Waals surface area contributed by atoms with E-state index in [0.717, 1.165) is 88.2 Å². The zero-order valence-electron chi connectivity index (χ0n) is 29.5. The first kappa shape index (κ1) is 35.9. The molecule has 0 radical (unpaired) electrons. The van der Waals surface area contributed by atoms with Crippen LogP contribution >= 0.6 is 0 Å². The molecule has 1 nitrogen and oxygen atoms in total. The highest BCUT2D eigenvalue weighted by Crippen LogP contribution is 2.58. The van der Waals surface area contributed by atoms with Crippen LogP contribution in [0.5, 0.6) is 0 Å². The van der Waals surface area contributed by atoms with Gasteiger partial charge in [0.15, 0.2) is 23.3 Å². The zero-order chi connectivity index (χ0) is 34.5. The second-order valence-corrected chi connectivity index (χ2v) is 15.5. The molecule has 6 rings (SSSR count). The molecule has 0 aromatic heterocycles. The van der Waals surface area contributed by atoms with E-state index < -0.39 is 34.1 Å². The molecule has 5 heteroatoms. The van der Waals surface area contributed by atoms with E-state index in [2.05, 4.69) is 62.5 Å². The molecule has 0 aliphatic heterocycles. The van der Waals surface area contributed by atoms with Crippen molar-refractivity contribution in [1.29, 1.82) is 0 Å². The number of allylic oxidation sites excluding steroid dienone is 4. The SMILES string of the molecule is CCCC1([C@]2(c3ccc(F)c(F)c3)C=C[C@H](COC[C@H]3C=C[C@@](c4ccc(F)c(F)c4)(C4(CCC)CCCCC4)C=C3)C=C2)CCCCC1. The fraction of sp³-hybridized carbons (Fsp3) is 0.545. The molecule has 2 aromatic rings. The lowest BCUT2D eigenvalue weighted by Gasteiger charge is -2.52. The number of hydrogen-bond donors (Lipinski definition) is 0. The van der Waals surface area contributed by atoms with Crippen LogP contribution in [0.15, 0.2) is 85.0 Å². The quantitative estimate of drug-likeness (QED) is 0.161. The molecule has 0 spiro atoms. The van der Waals surface area contributed by atoms with Gasteiger partial charge in [0, 0.05) is 22.7 Å². The van der Waals surface area contributed by atoms with Crippen molar-refractivity contribution < 1.29 is 22.3 Å². The lowest BCUT2D eigenvalue weighted by molar-refractivity contribution is 0.0938. The van der Waals surface area contributed by atoms with E-state index in [4.69, 9.17) is 4.74 Å². The molecule has 4 aliphatic carbocycles. The maximum atomic E-state index is 14.7. The topological polar surface area (TPSA) is 9.23 Å². The molecule has 0 bridgehead atoms. The second kappa shape index (κ2) is 15.1. The third kappa shape index (κ3) is 6.78. The third-order valence-corrected chi connectivity index (χ3v) is 12.7. The van der Waals surface area contributed by atoms with Crippen molar-refractivity contribution in [2.75, 3.05) is 13.2 Å². The maximum absolute atomic E-state index is 14.7. The van der Waals surface area contributed by atoms with Crippen molar-refractivity contribution in [3.05, 3.63) is 119 Å². The van der Waals surface area contributed by atoms with Gasteiger partial charge in [-0.1, -0.05) is 126 Å². The number of benzene rings is 2. The first-order chi connectivity index (χ1) is 23.7. The fourth-order valence-corrected chi connectivity index (χ4v) is 10.3. The summed E-state index contributed by atoms with van der Waals surface area (Å²) in [6.07, 6.45) is 33.4. The van der Waals surface area contributed by atoms with Gasteiger partial charge in [-0.2, -0.15) is 0 Å². The Hall–Kier alpha value is -2.92. The van der Waals surface area contributed by atoms with Crippen molar-refractivity contribution in [1.82, 2.24) is 0 Å². The molecule has 2 aromatic carbocycles. The van der Waals surface area contributed by atoms with Crippen LogP contribution in [-0.2, 0) is 15.6 Å². The molecule has 49 heavy (non-hydrogen) atoms. The molecule has 0 N–H and O–H groups in total. The smallest absolute Gasteiger partial charge is 0.159 e. The third-order valence-electron chi connectivity index (χ3n) is 12.7. The number of hydrogen-bond acceptors (Lipinski definition) is 1. The Morgan fingerprint density at radius 3 is 1.22 bits per heavy atom. The number of rotatable bonds is 12. The van der Waals surface area contributed by atoms with Gasteiger partial charge in [0.05, 0.1) is 13.2 Å². The average molecular weight is 675 g/mol. The van der Waals surface area contributed by atoms with Crippen LogP contribution in [0.1, 0.15) is 115 Å². The molecule has 0 unspecified atom stereocenters.